The van der Waals surface area contributed by atoms with Gasteiger partial charge in [0.25, 0.3) is 0 Å². The quantitative estimate of drug-likeness (QED) is 0.547. The third-order valence-corrected chi connectivity index (χ3v) is 3.42. The van der Waals surface area contributed by atoms with E-state index >= 15 is 0 Å². The van der Waals surface area contributed by atoms with Crippen LogP contribution < -0.4 is 5.32 Å². The molecule has 3 atom stereocenters. The van der Waals surface area contributed by atoms with Crippen LogP contribution in [0.1, 0.15) is 39.0 Å². The molecular weight excluding hydrogens is 206 g/mol. The van der Waals surface area contributed by atoms with Gasteiger partial charge in [0.15, 0.2) is 0 Å². The number of ether oxygens (including phenoxy) is 1. The zero-order chi connectivity index (χ0) is 12.0. The zero-order valence-electron chi connectivity index (χ0n) is 10.2. The Labute approximate surface area is 97.4 Å². The van der Waals surface area contributed by atoms with Crippen molar-refractivity contribution in [1.82, 2.24) is 5.32 Å². The summed E-state index contributed by atoms with van der Waals surface area (Å²) in [6, 6.07) is 0.240. The van der Waals surface area contributed by atoms with Crippen molar-refractivity contribution in [2.75, 3.05) is 13.7 Å². The van der Waals surface area contributed by atoms with Crippen molar-refractivity contribution < 1.29 is 14.6 Å². The average molecular weight is 229 g/mol. The standard InChI is InChI=1S/C12H23NO3/c1-9-6-7-11(12(15)16-2)13-10(9)5-3-4-8-14/h9-11,13-14H,3-8H2,1-2H3/t9-,10+,11+/m1/s1. The number of aliphatic hydroxyl groups is 1. The van der Waals surface area contributed by atoms with Crippen LogP contribution in [0, 0.1) is 5.92 Å². The second kappa shape index (κ2) is 6.86. The molecule has 0 radical (unpaired) electrons. The van der Waals surface area contributed by atoms with E-state index in [1.54, 1.807) is 0 Å². The fraction of sp³-hybridized carbons (Fsp3) is 0.917. The second-order valence-corrected chi connectivity index (χ2v) is 4.62. The molecule has 1 rings (SSSR count). The van der Waals surface area contributed by atoms with Crippen LogP contribution in [0.2, 0.25) is 0 Å². The predicted octanol–water partition coefficient (Wildman–Crippen LogP) is 1.08. The summed E-state index contributed by atoms with van der Waals surface area (Å²) in [7, 11) is 1.43. The van der Waals surface area contributed by atoms with Gasteiger partial charge in [0, 0.05) is 12.6 Å². The Hall–Kier alpha value is -0.610. The molecule has 4 heteroatoms. The lowest BCUT2D eigenvalue weighted by molar-refractivity contribution is -0.144. The topological polar surface area (TPSA) is 58.6 Å². The molecule has 0 aromatic carbocycles. The summed E-state index contributed by atoms with van der Waals surface area (Å²) < 4.78 is 4.76. The van der Waals surface area contributed by atoms with E-state index in [0.717, 1.165) is 32.1 Å². The highest BCUT2D eigenvalue weighted by Crippen LogP contribution is 2.23. The molecule has 1 fully saturated rings. The molecule has 4 nitrogen and oxygen atoms in total. The number of esters is 1. The van der Waals surface area contributed by atoms with Crippen LogP contribution in [0.5, 0.6) is 0 Å². The molecular formula is C12H23NO3. The van der Waals surface area contributed by atoms with Crippen molar-refractivity contribution in [1.29, 1.82) is 0 Å². The van der Waals surface area contributed by atoms with Crippen LogP contribution in [0.4, 0.5) is 0 Å². The smallest absolute Gasteiger partial charge is 0.322 e. The molecule has 1 aliphatic rings. The van der Waals surface area contributed by atoms with Crippen LogP contribution in [0.15, 0.2) is 0 Å². The molecule has 1 saturated heterocycles. The molecule has 0 unspecified atom stereocenters. The summed E-state index contributed by atoms with van der Waals surface area (Å²) in [5.74, 6) is 0.443. The fourth-order valence-corrected chi connectivity index (χ4v) is 2.31. The van der Waals surface area contributed by atoms with E-state index in [4.69, 9.17) is 9.84 Å². The summed E-state index contributed by atoms with van der Waals surface area (Å²) in [6.07, 6.45) is 4.80. The second-order valence-electron chi connectivity index (χ2n) is 4.62. The van der Waals surface area contributed by atoms with E-state index < -0.39 is 0 Å². The first-order valence-electron chi connectivity index (χ1n) is 6.13. The van der Waals surface area contributed by atoms with Gasteiger partial charge in [0.05, 0.1) is 7.11 Å². The number of nitrogens with one attached hydrogen (secondary N) is 1. The number of hydrogen-bond acceptors (Lipinski definition) is 4. The van der Waals surface area contributed by atoms with Crippen molar-refractivity contribution in [3.8, 4) is 0 Å². The minimum Gasteiger partial charge on any atom is -0.468 e. The lowest BCUT2D eigenvalue weighted by atomic mass is 9.86. The maximum atomic E-state index is 11.4. The summed E-state index contributed by atoms with van der Waals surface area (Å²) in [4.78, 5) is 11.4. The molecule has 0 aliphatic carbocycles. The fourth-order valence-electron chi connectivity index (χ4n) is 2.31. The van der Waals surface area contributed by atoms with Crippen molar-refractivity contribution in [3.05, 3.63) is 0 Å². The Morgan fingerprint density at radius 1 is 1.44 bits per heavy atom. The Morgan fingerprint density at radius 2 is 2.19 bits per heavy atom. The number of unbranched alkanes of at least 4 members (excludes halogenated alkanes) is 1. The van der Waals surface area contributed by atoms with E-state index in [9.17, 15) is 4.79 Å². The lowest BCUT2D eigenvalue weighted by Gasteiger charge is -2.34. The number of hydrogen-bond donors (Lipinski definition) is 2. The Bertz CT molecular complexity index is 220. The Balaban J connectivity index is 2.39. The van der Waals surface area contributed by atoms with E-state index in [2.05, 4.69) is 12.2 Å². The summed E-state index contributed by atoms with van der Waals surface area (Å²) in [6.45, 7) is 2.46. The number of methoxy groups -OCH3 is 1. The van der Waals surface area contributed by atoms with Gasteiger partial charge >= 0.3 is 5.97 Å². The van der Waals surface area contributed by atoms with Gasteiger partial charge in [-0.05, 0) is 38.0 Å². The van der Waals surface area contributed by atoms with Crippen molar-refractivity contribution in [2.24, 2.45) is 5.92 Å². The van der Waals surface area contributed by atoms with Crippen molar-refractivity contribution in [3.63, 3.8) is 0 Å². The minimum atomic E-state index is -0.154. The number of aliphatic hydroxyl groups excluding tert-OH is 1. The average Bonchev–Trinajstić information content (AvgIpc) is 2.31. The maximum Gasteiger partial charge on any atom is 0.322 e. The van der Waals surface area contributed by atoms with Crippen LogP contribution in [-0.4, -0.2) is 36.9 Å². The zero-order valence-corrected chi connectivity index (χ0v) is 10.2. The first-order chi connectivity index (χ1) is 7.69. The van der Waals surface area contributed by atoms with Crippen LogP contribution in [-0.2, 0) is 9.53 Å². The molecule has 0 aromatic rings. The highest BCUT2D eigenvalue weighted by atomic mass is 16.5. The summed E-state index contributed by atoms with van der Waals surface area (Å²) in [5, 5.41) is 12.1. The molecule has 0 saturated carbocycles. The first kappa shape index (κ1) is 13.5. The van der Waals surface area contributed by atoms with E-state index in [1.807, 2.05) is 0 Å². The first-order valence-corrected chi connectivity index (χ1v) is 6.13. The molecule has 1 heterocycles. The molecule has 0 aromatic heterocycles. The van der Waals surface area contributed by atoms with E-state index in [1.165, 1.54) is 7.11 Å². The molecule has 94 valence electrons. The largest absolute Gasteiger partial charge is 0.468 e. The monoisotopic (exact) mass is 229 g/mol. The van der Waals surface area contributed by atoms with Gasteiger partial charge < -0.3 is 15.2 Å². The highest BCUT2D eigenvalue weighted by Gasteiger charge is 2.30. The van der Waals surface area contributed by atoms with Gasteiger partial charge in [-0.1, -0.05) is 6.92 Å². The van der Waals surface area contributed by atoms with Gasteiger partial charge in [-0.15, -0.1) is 0 Å². The Morgan fingerprint density at radius 3 is 2.81 bits per heavy atom. The Kier molecular flexibility index (Phi) is 5.77. The summed E-state index contributed by atoms with van der Waals surface area (Å²) >= 11 is 0. The van der Waals surface area contributed by atoms with Crippen LogP contribution in [0.3, 0.4) is 0 Å². The number of carbonyl (C=O) groups excluding carboxylic acids is 1. The van der Waals surface area contributed by atoms with Crippen LogP contribution >= 0.6 is 0 Å². The van der Waals surface area contributed by atoms with Gasteiger partial charge in [-0.25, -0.2) is 0 Å². The third kappa shape index (κ3) is 3.76. The molecule has 1 aliphatic heterocycles. The summed E-state index contributed by atoms with van der Waals surface area (Å²) in [5.41, 5.74) is 0. The van der Waals surface area contributed by atoms with E-state index in [-0.39, 0.29) is 18.6 Å². The van der Waals surface area contributed by atoms with Crippen LogP contribution in [0.25, 0.3) is 0 Å². The molecule has 0 amide bonds. The van der Waals surface area contributed by atoms with E-state index in [0.29, 0.717) is 12.0 Å². The third-order valence-electron chi connectivity index (χ3n) is 3.42. The molecule has 0 bridgehead atoms. The number of piperidine rings is 1. The SMILES string of the molecule is COC(=O)[C@@H]1CC[C@@H](C)[C@H](CCCCO)N1. The number of rotatable bonds is 5. The number of carbonyl (C=O) groups is 1. The lowest BCUT2D eigenvalue weighted by Crippen LogP contribution is -2.50. The van der Waals surface area contributed by atoms with Crippen molar-refractivity contribution in [2.45, 2.75) is 51.1 Å². The predicted molar refractivity (Wildman–Crippen MR) is 62.1 cm³/mol. The normalized spacial score (nSPS) is 30.1. The van der Waals surface area contributed by atoms with Gasteiger partial charge in [-0.3, -0.25) is 4.79 Å². The van der Waals surface area contributed by atoms with Crippen molar-refractivity contribution >= 4 is 5.97 Å². The maximum absolute atomic E-state index is 11.4. The minimum absolute atomic E-state index is 0.139. The van der Waals surface area contributed by atoms with Gasteiger partial charge in [-0.2, -0.15) is 0 Å². The highest BCUT2D eigenvalue weighted by molar-refractivity contribution is 5.75. The van der Waals surface area contributed by atoms with Gasteiger partial charge in [0.1, 0.15) is 6.04 Å². The molecule has 0 spiro atoms. The molecule has 2 N–H and O–H groups in total. The molecule has 16 heavy (non-hydrogen) atoms. The van der Waals surface area contributed by atoms with Gasteiger partial charge in [0.2, 0.25) is 0 Å².